The number of benzene rings is 1. The van der Waals surface area contributed by atoms with Crippen LogP contribution in [-0.2, 0) is 11.3 Å². The van der Waals surface area contributed by atoms with Gasteiger partial charge in [0.25, 0.3) is 5.56 Å². The van der Waals surface area contributed by atoms with Gasteiger partial charge in [0.05, 0.1) is 10.7 Å². The summed E-state index contributed by atoms with van der Waals surface area (Å²) in [6.45, 7) is 3.96. The van der Waals surface area contributed by atoms with Crippen LogP contribution in [0.5, 0.6) is 0 Å². The van der Waals surface area contributed by atoms with Crippen molar-refractivity contribution in [1.29, 1.82) is 0 Å². The van der Waals surface area contributed by atoms with E-state index in [2.05, 4.69) is 10.3 Å². The van der Waals surface area contributed by atoms with Gasteiger partial charge in [-0.1, -0.05) is 17.7 Å². The van der Waals surface area contributed by atoms with Crippen molar-refractivity contribution in [3.63, 3.8) is 0 Å². The average Bonchev–Trinajstić information content (AvgIpc) is 2.42. The Kier molecular flexibility index (Phi) is 4.82. The maximum Gasteiger partial charge on any atom is 0.328 e. The lowest BCUT2D eigenvalue weighted by molar-refractivity contribution is -0.116. The zero-order valence-electron chi connectivity index (χ0n) is 12.3. The number of amides is 1. The van der Waals surface area contributed by atoms with Crippen LogP contribution in [0.4, 0.5) is 5.69 Å². The molecular formula is C15H16ClN3O3. The van der Waals surface area contributed by atoms with Crippen molar-refractivity contribution in [2.24, 2.45) is 0 Å². The number of H-pyrrole nitrogens is 1. The highest BCUT2D eigenvalue weighted by Gasteiger charge is 2.10. The molecular weight excluding hydrogens is 306 g/mol. The van der Waals surface area contributed by atoms with Crippen LogP contribution in [-0.4, -0.2) is 15.5 Å². The van der Waals surface area contributed by atoms with E-state index in [0.717, 1.165) is 11.1 Å². The van der Waals surface area contributed by atoms with Gasteiger partial charge in [-0.15, -0.1) is 0 Å². The Morgan fingerprint density at radius 3 is 2.68 bits per heavy atom. The first-order valence-corrected chi connectivity index (χ1v) is 7.11. The zero-order chi connectivity index (χ0) is 16.3. The number of anilines is 1. The van der Waals surface area contributed by atoms with Gasteiger partial charge in [-0.05, 0) is 31.0 Å². The number of carbonyl (C=O) groups is 1. The number of carbonyl (C=O) groups excluding carboxylic acids is 1. The standard InChI is InChI=1S/C15H16ClN3O3/c1-9-7-10(2)14(11(16)8-9)17-12(20)3-5-19-6-4-13(21)18-15(19)22/h4,6-8H,3,5H2,1-2H3,(H,17,20)(H,18,21,22). The normalized spacial score (nSPS) is 10.5. The van der Waals surface area contributed by atoms with Crippen molar-refractivity contribution >= 4 is 23.2 Å². The molecule has 0 spiro atoms. The third-order valence-corrected chi connectivity index (χ3v) is 3.47. The summed E-state index contributed by atoms with van der Waals surface area (Å²) in [6, 6.07) is 4.94. The van der Waals surface area contributed by atoms with Crippen molar-refractivity contribution < 1.29 is 4.79 Å². The summed E-state index contributed by atoms with van der Waals surface area (Å²) in [4.78, 5) is 36.6. The van der Waals surface area contributed by atoms with E-state index in [-0.39, 0.29) is 18.9 Å². The third kappa shape index (κ3) is 3.85. The summed E-state index contributed by atoms with van der Waals surface area (Å²) >= 11 is 6.13. The molecule has 2 rings (SSSR count). The molecule has 0 fully saturated rings. The molecule has 0 unspecified atom stereocenters. The summed E-state index contributed by atoms with van der Waals surface area (Å²) in [5.41, 5.74) is 1.46. The molecule has 2 N–H and O–H groups in total. The summed E-state index contributed by atoms with van der Waals surface area (Å²) in [7, 11) is 0. The summed E-state index contributed by atoms with van der Waals surface area (Å²) in [6.07, 6.45) is 1.45. The molecule has 0 aliphatic rings. The number of nitrogens with one attached hydrogen (secondary N) is 2. The first-order chi connectivity index (χ1) is 10.4. The maximum absolute atomic E-state index is 12.0. The predicted octanol–water partition coefficient (Wildman–Crippen LogP) is 1.84. The number of aromatic amines is 1. The minimum Gasteiger partial charge on any atom is -0.324 e. The number of nitrogens with zero attached hydrogens (tertiary/aromatic N) is 1. The van der Waals surface area contributed by atoms with Crippen LogP contribution in [0.3, 0.4) is 0 Å². The first kappa shape index (κ1) is 16.0. The van der Waals surface area contributed by atoms with Gasteiger partial charge in [-0.3, -0.25) is 14.6 Å². The summed E-state index contributed by atoms with van der Waals surface area (Å²) in [5.74, 6) is -0.257. The number of hydrogen-bond acceptors (Lipinski definition) is 3. The number of rotatable bonds is 4. The summed E-state index contributed by atoms with van der Waals surface area (Å²) in [5, 5.41) is 3.23. The molecule has 6 nitrogen and oxygen atoms in total. The largest absolute Gasteiger partial charge is 0.328 e. The van der Waals surface area contributed by atoms with E-state index in [9.17, 15) is 14.4 Å². The quantitative estimate of drug-likeness (QED) is 0.901. The summed E-state index contributed by atoms with van der Waals surface area (Å²) < 4.78 is 1.27. The Bertz CT molecular complexity index is 800. The first-order valence-electron chi connectivity index (χ1n) is 6.73. The van der Waals surface area contributed by atoms with Crippen LogP contribution < -0.4 is 16.6 Å². The second kappa shape index (κ2) is 6.62. The van der Waals surface area contributed by atoms with Gasteiger partial charge in [0.1, 0.15) is 0 Å². The van der Waals surface area contributed by atoms with Crippen LogP contribution in [0.1, 0.15) is 17.5 Å². The minimum atomic E-state index is -0.537. The fourth-order valence-electron chi connectivity index (χ4n) is 2.12. The minimum absolute atomic E-state index is 0.0929. The lowest BCUT2D eigenvalue weighted by Crippen LogP contribution is -2.29. The Labute approximate surface area is 131 Å². The fourth-order valence-corrected chi connectivity index (χ4v) is 2.49. The Hall–Kier alpha value is -2.34. The second-order valence-corrected chi connectivity index (χ2v) is 5.45. The molecule has 22 heavy (non-hydrogen) atoms. The van der Waals surface area contributed by atoms with Gasteiger partial charge in [0.15, 0.2) is 0 Å². The average molecular weight is 322 g/mol. The topological polar surface area (TPSA) is 84.0 Å². The monoisotopic (exact) mass is 321 g/mol. The van der Waals surface area contributed by atoms with Crippen molar-refractivity contribution in [2.45, 2.75) is 26.8 Å². The van der Waals surface area contributed by atoms with E-state index < -0.39 is 11.2 Å². The van der Waals surface area contributed by atoms with E-state index in [1.165, 1.54) is 16.8 Å². The molecule has 0 saturated carbocycles. The number of hydrogen-bond donors (Lipinski definition) is 2. The van der Waals surface area contributed by atoms with E-state index in [0.29, 0.717) is 10.7 Å². The van der Waals surface area contributed by atoms with E-state index in [4.69, 9.17) is 11.6 Å². The lowest BCUT2D eigenvalue weighted by atomic mass is 10.1. The van der Waals surface area contributed by atoms with E-state index in [1.54, 1.807) is 6.07 Å². The highest BCUT2D eigenvalue weighted by Crippen LogP contribution is 2.27. The van der Waals surface area contributed by atoms with Gasteiger partial charge in [-0.2, -0.15) is 0 Å². The molecule has 1 aromatic heterocycles. The lowest BCUT2D eigenvalue weighted by Gasteiger charge is -2.12. The number of halogens is 1. The molecule has 0 atom stereocenters. The Balaban J connectivity index is 2.05. The van der Waals surface area contributed by atoms with Crippen molar-refractivity contribution in [3.05, 3.63) is 61.4 Å². The predicted molar refractivity (Wildman–Crippen MR) is 85.5 cm³/mol. The molecule has 0 saturated heterocycles. The van der Waals surface area contributed by atoms with Crippen LogP contribution in [0.25, 0.3) is 0 Å². The van der Waals surface area contributed by atoms with Crippen molar-refractivity contribution in [2.75, 3.05) is 5.32 Å². The highest BCUT2D eigenvalue weighted by atomic mass is 35.5. The van der Waals surface area contributed by atoms with Crippen LogP contribution in [0, 0.1) is 13.8 Å². The zero-order valence-corrected chi connectivity index (χ0v) is 13.0. The molecule has 7 heteroatoms. The molecule has 0 aliphatic carbocycles. The smallest absolute Gasteiger partial charge is 0.324 e. The van der Waals surface area contributed by atoms with Crippen LogP contribution in [0.2, 0.25) is 5.02 Å². The van der Waals surface area contributed by atoms with Gasteiger partial charge in [0.2, 0.25) is 5.91 Å². The third-order valence-electron chi connectivity index (χ3n) is 3.17. The van der Waals surface area contributed by atoms with E-state index >= 15 is 0 Å². The molecule has 1 amide bonds. The molecule has 1 aromatic carbocycles. The fraction of sp³-hybridized carbons (Fsp3) is 0.267. The SMILES string of the molecule is Cc1cc(C)c(NC(=O)CCn2ccc(=O)[nH]c2=O)c(Cl)c1. The molecule has 0 bridgehead atoms. The molecule has 116 valence electrons. The van der Waals surface area contributed by atoms with E-state index in [1.807, 2.05) is 19.9 Å². The van der Waals surface area contributed by atoms with Gasteiger partial charge in [-0.25, -0.2) is 4.79 Å². The van der Waals surface area contributed by atoms with Gasteiger partial charge >= 0.3 is 5.69 Å². The van der Waals surface area contributed by atoms with Gasteiger partial charge in [0, 0.05) is 25.2 Å². The molecule has 0 radical (unpaired) electrons. The van der Waals surface area contributed by atoms with Crippen molar-refractivity contribution in [1.82, 2.24) is 9.55 Å². The van der Waals surface area contributed by atoms with Crippen LogP contribution >= 0.6 is 11.6 Å². The Morgan fingerprint density at radius 2 is 2.05 bits per heavy atom. The molecule has 2 aromatic rings. The molecule has 0 aliphatic heterocycles. The molecule has 1 heterocycles. The second-order valence-electron chi connectivity index (χ2n) is 5.04. The number of aryl methyl sites for hydroxylation is 3. The van der Waals surface area contributed by atoms with Crippen molar-refractivity contribution in [3.8, 4) is 0 Å². The van der Waals surface area contributed by atoms with Crippen LogP contribution in [0.15, 0.2) is 34.0 Å². The maximum atomic E-state index is 12.0. The Morgan fingerprint density at radius 1 is 1.32 bits per heavy atom. The highest BCUT2D eigenvalue weighted by molar-refractivity contribution is 6.34. The van der Waals surface area contributed by atoms with Gasteiger partial charge < -0.3 is 9.88 Å². The number of aromatic nitrogens is 2.